The number of halogens is 2. The fraction of sp³-hybridized carbons (Fsp3) is 0.545. The minimum absolute atomic E-state index is 0. The molecule has 5 heteroatoms. The minimum Gasteiger partial charge on any atom is -0.379 e. The first-order chi connectivity index (χ1) is 6.95. The molecule has 1 fully saturated rings. The van der Waals surface area contributed by atoms with Gasteiger partial charge in [0.15, 0.2) is 0 Å². The molecule has 2 heterocycles. The Morgan fingerprint density at radius 3 is 2.56 bits per heavy atom. The number of hydrogen-bond donors (Lipinski definition) is 0. The quantitative estimate of drug-likeness (QED) is 0.833. The van der Waals surface area contributed by atoms with E-state index >= 15 is 0 Å². The van der Waals surface area contributed by atoms with Gasteiger partial charge in [0.1, 0.15) is 0 Å². The Morgan fingerprint density at radius 2 is 1.94 bits per heavy atom. The average Bonchev–Trinajstić information content (AvgIpc) is 2.29. The minimum atomic E-state index is 0. The molecule has 0 bridgehead atoms. The van der Waals surface area contributed by atoms with Gasteiger partial charge >= 0.3 is 0 Å². The largest absolute Gasteiger partial charge is 0.379 e. The third-order valence-corrected chi connectivity index (χ3v) is 2.51. The van der Waals surface area contributed by atoms with Crippen LogP contribution < -0.4 is 0 Å². The highest BCUT2D eigenvalue weighted by molar-refractivity contribution is 5.85. The van der Waals surface area contributed by atoms with E-state index in [1.54, 1.807) is 0 Å². The zero-order valence-electron chi connectivity index (χ0n) is 9.17. The Morgan fingerprint density at radius 1 is 1.19 bits per heavy atom. The van der Waals surface area contributed by atoms with Crippen molar-refractivity contribution < 1.29 is 4.74 Å². The lowest BCUT2D eigenvalue weighted by molar-refractivity contribution is 0.0383. The topological polar surface area (TPSA) is 25.4 Å². The predicted octanol–water partition coefficient (Wildman–Crippen LogP) is 1.80. The van der Waals surface area contributed by atoms with Crippen molar-refractivity contribution in [3.63, 3.8) is 0 Å². The Labute approximate surface area is 109 Å². The van der Waals surface area contributed by atoms with Crippen LogP contribution in [0, 0.1) is 0 Å². The van der Waals surface area contributed by atoms with Crippen molar-refractivity contribution in [2.75, 3.05) is 32.8 Å². The molecular weight excluding hydrogens is 247 g/mol. The van der Waals surface area contributed by atoms with Crippen molar-refractivity contribution >= 4 is 24.8 Å². The van der Waals surface area contributed by atoms with Crippen molar-refractivity contribution in [1.82, 2.24) is 9.88 Å². The lowest BCUT2D eigenvalue weighted by Gasteiger charge is -2.26. The molecule has 0 aliphatic carbocycles. The van der Waals surface area contributed by atoms with Crippen LogP contribution >= 0.6 is 24.8 Å². The maximum atomic E-state index is 5.29. The number of ether oxygens (including phenoxy) is 1. The van der Waals surface area contributed by atoms with E-state index in [0.29, 0.717) is 0 Å². The van der Waals surface area contributed by atoms with Gasteiger partial charge in [-0.05, 0) is 12.1 Å². The highest BCUT2D eigenvalue weighted by Gasteiger charge is 2.09. The van der Waals surface area contributed by atoms with E-state index in [0.717, 1.165) is 39.3 Å². The summed E-state index contributed by atoms with van der Waals surface area (Å²) < 4.78 is 5.29. The molecule has 3 nitrogen and oxygen atoms in total. The number of nitrogens with zero attached hydrogens (tertiary/aromatic N) is 2. The van der Waals surface area contributed by atoms with Gasteiger partial charge in [-0.2, -0.15) is 0 Å². The van der Waals surface area contributed by atoms with Crippen LogP contribution in [-0.4, -0.2) is 42.7 Å². The number of aromatic nitrogens is 1. The predicted molar refractivity (Wildman–Crippen MR) is 69.7 cm³/mol. The zero-order valence-corrected chi connectivity index (χ0v) is 10.8. The molecule has 0 aromatic carbocycles. The van der Waals surface area contributed by atoms with E-state index in [1.165, 1.54) is 5.69 Å². The van der Waals surface area contributed by atoms with E-state index in [1.807, 2.05) is 18.3 Å². The lowest BCUT2D eigenvalue weighted by atomic mass is 10.2. The summed E-state index contributed by atoms with van der Waals surface area (Å²) in [6.07, 6.45) is 2.90. The van der Waals surface area contributed by atoms with E-state index in [-0.39, 0.29) is 24.8 Å². The molecule has 0 spiro atoms. The molecule has 1 saturated heterocycles. The van der Waals surface area contributed by atoms with E-state index < -0.39 is 0 Å². The third kappa shape index (κ3) is 5.12. The van der Waals surface area contributed by atoms with E-state index in [2.05, 4.69) is 16.0 Å². The van der Waals surface area contributed by atoms with Gasteiger partial charge in [0, 0.05) is 37.9 Å². The van der Waals surface area contributed by atoms with Gasteiger partial charge in [-0.1, -0.05) is 6.07 Å². The summed E-state index contributed by atoms with van der Waals surface area (Å²) in [6.45, 7) is 4.98. The van der Waals surface area contributed by atoms with Gasteiger partial charge in [-0.15, -0.1) is 24.8 Å². The number of morpholine rings is 1. The molecular formula is C11H18Cl2N2O. The molecule has 0 amide bonds. The fourth-order valence-corrected chi connectivity index (χ4v) is 1.64. The van der Waals surface area contributed by atoms with Gasteiger partial charge in [-0.25, -0.2) is 0 Å². The van der Waals surface area contributed by atoms with Crippen LogP contribution in [0.2, 0.25) is 0 Å². The van der Waals surface area contributed by atoms with Crippen LogP contribution in [0.3, 0.4) is 0 Å². The second-order valence-electron chi connectivity index (χ2n) is 3.53. The van der Waals surface area contributed by atoms with Gasteiger partial charge in [-0.3, -0.25) is 9.88 Å². The summed E-state index contributed by atoms with van der Waals surface area (Å²) >= 11 is 0. The molecule has 0 radical (unpaired) electrons. The molecule has 0 N–H and O–H groups in total. The molecule has 1 aromatic heterocycles. The monoisotopic (exact) mass is 264 g/mol. The maximum Gasteiger partial charge on any atom is 0.0594 e. The molecule has 0 atom stereocenters. The normalized spacial score (nSPS) is 16.0. The van der Waals surface area contributed by atoms with Gasteiger partial charge in [0.05, 0.1) is 13.2 Å². The van der Waals surface area contributed by atoms with Crippen LogP contribution in [0.25, 0.3) is 0 Å². The zero-order chi connectivity index (χ0) is 9.64. The molecule has 92 valence electrons. The second kappa shape index (κ2) is 8.76. The Hall–Kier alpha value is -0.350. The molecule has 0 saturated carbocycles. The maximum absolute atomic E-state index is 5.29. The molecule has 0 unspecified atom stereocenters. The Balaban J connectivity index is 0.00000112. The SMILES string of the molecule is Cl.Cl.c1ccc(CCN2CCOCC2)nc1. The summed E-state index contributed by atoms with van der Waals surface area (Å²) in [5, 5.41) is 0. The van der Waals surface area contributed by atoms with Crippen LogP contribution in [0.5, 0.6) is 0 Å². The number of rotatable bonds is 3. The average molecular weight is 265 g/mol. The molecule has 2 rings (SSSR count). The first-order valence-corrected chi connectivity index (χ1v) is 5.15. The smallest absolute Gasteiger partial charge is 0.0594 e. The fourth-order valence-electron chi connectivity index (χ4n) is 1.64. The van der Waals surface area contributed by atoms with Gasteiger partial charge < -0.3 is 4.74 Å². The first kappa shape index (κ1) is 15.7. The van der Waals surface area contributed by atoms with E-state index in [4.69, 9.17) is 4.74 Å². The van der Waals surface area contributed by atoms with Crippen LogP contribution in [0.4, 0.5) is 0 Å². The summed E-state index contributed by atoms with van der Waals surface area (Å²) in [6, 6.07) is 6.08. The number of hydrogen-bond acceptors (Lipinski definition) is 3. The van der Waals surface area contributed by atoms with Crippen molar-refractivity contribution in [2.24, 2.45) is 0 Å². The highest BCUT2D eigenvalue weighted by atomic mass is 35.5. The van der Waals surface area contributed by atoms with Gasteiger partial charge in [0.25, 0.3) is 0 Å². The molecule has 16 heavy (non-hydrogen) atoms. The third-order valence-electron chi connectivity index (χ3n) is 2.51. The molecule has 1 aliphatic heterocycles. The Kier molecular flexibility index (Phi) is 8.57. The molecule has 1 aromatic rings. The summed E-state index contributed by atoms with van der Waals surface area (Å²) in [4.78, 5) is 6.73. The highest BCUT2D eigenvalue weighted by Crippen LogP contribution is 2.00. The summed E-state index contributed by atoms with van der Waals surface area (Å²) in [5.74, 6) is 0. The van der Waals surface area contributed by atoms with Crippen molar-refractivity contribution in [1.29, 1.82) is 0 Å². The van der Waals surface area contributed by atoms with Crippen molar-refractivity contribution in [3.8, 4) is 0 Å². The van der Waals surface area contributed by atoms with Crippen molar-refractivity contribution in [3.05, 3.63) is 30.1 Å². The van der Waals surface area contributed by atoms with Crippen LogP contribution in [0.1, 0.15) is 5.69 Å². The van der Waals surface area contributed by atoms with Crippen LogP contribution in [0.15, 0.2) is 24.4 Å². The first-order valence-electron chi connectivity index (χ1n) is 5.15. The molecule has 1 aliphatic rings. The standard InChI is InChI=1S/C11H16N2O.2ClH/c1-2-5-12-11(3-1)4-6-13-7-9-14-10-8-13;;/h1-3,5H,4,6-10H2;2*1H. The second-order valence-corrected chi connectivity index (χ2v) is 3.53. The number of pyridine rings is 1. The lowest BCUT2D eigenvalue weighted by Crippen LogP contribution is -2.37. The van der Waals surface area contributed by atoms with E-state index in [9.17, 15) is 0 Å². The van der Waals surface area contributed by atoms with Crippen molar-refractivity contribution in [2.45, 2.75) is 6.42 Å². The van der Waals surface area contributed by atoms with Crippen LogP contribution in [-0.2, 0) is 11.2 Å². The summed E-state index contributed by atoms with van der Waals surface area (Å²) in [5.41, 5.74) is 1.18. The summed E-state index contributed by atoms with van der Waals surface area (Å²) in [7, 11) is 0. The Bertz CT molecular complexity index is 266. The van der Waals surface area contributed by atoms with Gasteiger partial charge in [0.2, 0.25) is 0 Å².